The quantitative estimate of drug-likeness (QED) is 0.572. The number of hydrogen-bond donors (Lipinski definition) is 1. The highest BCUT2D eigenvalue weighted by Gasteiger charge is 2.13. The Balaban J connectivity index is 2.93. The van der Waals surface area contributed by atoms with Crippen molar-refractivity contribution in [1.82, 2.24) is 9.78 Å². The van der Waals surface area contributed by atoms with Gasteiger partial charge in [-0.3, -0.25) is 4.68 Å². The van der Waals surface area contributed by atoms with Crippen LogP contribution in [0.5, 0.6) is 0 Å². The average molecular weight is 197 g/mol. The van der Waals surface area contributed by atoms with E-state index in [-0.39, 0.29) is 11.4 Å². The number of aryl methyl sites for hydroxylation is 1. The number of aliphatic imine (C=N–C) groups is 1. The third kappa shape index (κ3) is 2.09. The first-order valence-electron chi connectivity index (χ1n) is 4.06. The molecule has 0 unspecified atom stereocenters. The SMILES string of the molecule is CCO/C=N/c1c(C(=O)O)cnn1C. The molecule has 1 N–H and O–H groups in total. The van der Waals surface area contributed by atoms with Crippen molar-refractivity contribution < 1.29 is 14.6 Å². The molecule has 0 aliphatic carbocycles. The number of ether oxygens (including phenoxy) is 1. The van der Waals surface area contributed by atoms with Crippen molar-refractivity contribution in [1.29, 1.82) is 0 Å². The number of carboxylic acid groups (broad SMARTS) is 1. The van der Waals surface area contributed by atoms with E-state index in [9.17, 15) is 4.79 Å². The second-order valence-electron chi connectivity index (χ2n) is 2.50. The van der Waals surface area contributed by atoms with Crippen molar-refractivity contribution in [2.24, 2.45) is 12.0 Å². The molecule has 0 atom stereocenters. The maximum atomic E-state index is 10.7. The summed E-state index contributed by atoms with van der Waals surface area (Å²) in [6.07, 6.45) is 2.46. The van der Waals surface area contributed by atoms with E-state index in [4.69, 9.17) is 9.84 Å². The zero-order chi connectivity index (χ0) is 10.6. The van der Waals surface area contributed by atoms with Crippen molar-refractivity contribution >= 4 is 18.2 Å². The number of carbonyl (C=O) groups is 1. The van der Waals surface area contributed by atoms with E-state index in [0.717, 1.165) is 0 Å². The number of aromatic carboxylic acids is 1. The lowest BCUT2D eigenvalue weighted by Gasteiger charge is -1.96. The summed E-state index contributed by atoms with van der Waals surface area (Å²) in [5, 5.41) is 12.6. The van der Waals surface area contributed by atoms with Crippen molar-refractivity contribution in [2.45, 2.75) is 6.92 Å². The minimum Gasteiger partial charge on any atom is -0.483 e. The highest BCUT2D eigenvalue weighted by atomic mass is 16.5. The fraction of sp³-hybridized carbons (Fsp3) is 0.375. The summed E-state index contributed by atoms with van der Waals surface area (Å²) in [4.78, 5) is 14.5. The van der Waals surface area contributed by atoms with Crippen molar-refractivity contribution in [3.8, 4) is 0 Å². The number of aromatic nitrogens is 2. The Morgan fingerprint density at radius 3 is 3.14 bits per heavy atom. The Morgan fingerprint density at radius 1 is 1.86 bits per heavy atom. The van der Waals surface area contributed by atoms with Gasteiger partial charge in [-0.1, -0.05) is 0 Å². The van der Waals surface area contributed by atoms with Crippen molar-refractivity contribution in [3.05, 3.63) is 11.8 Å². The summed E-state index contributed by atoms with van der Waals surface area (Å²) in [6.45, 7) is 2.30. The minimum absolute atomic E-state index is 0.0588. The van der Waals surface area contributed by atoms with Gasteiger partial charge < -0.3 is 9.84 Å². The fourth-order valence-electron chi connectivity index (χ4n) is 0.897. The molecule has 1 heterocycles. The van der Waals surface area contributed by atoms with Crippen LogP contribution in [0.4, 0.5) is 5.82 Å². The number of hydrogen-bond acceptors (Lipinski definition) is 4. The van der Waals surface area contributed by atoms with Crippen LogP contribution in [0.2, 0.25) is 0 Å². The molecule has 0 bridgehead atoms. The fourth-order valence-corrected chi connectivity index (χ4v) is 0.897. The van der Waals surface area contributed by atoms with Crippen molar-refractivity contribution in [3.63, 3.8) is 0 Å². The first-order valence-corrected chi connectivity index (χ1v) is 4.06. The molecule has 0 spiro atoms. The molecule has 0 radical (unpaired) electrons. The standard InChI is InChI=1S/C8H11N3O3/c1-3-14-5-9-7-6(8(12)13)4-10-11(7)2/h4-5H,3H2,1-2H3,(H,12,13)/b9-5+. The van der Waals surface area contributed by atoms with Crippen molar-refractivity contribution in [2.75, 3.05) is 6.61 Å². The Bertz CT molecular complexity index is 357. The normalized spacial score (nSPS) is 10.7. The molecule has 1 aromatic heterocycles. The maximum Gasteiger partial charge on any atom is 0.341 e. The minimum atomic E-state index is -1.05. The van der Waals surface area contributed by atoms with Crippen LogP contribution in [-0.2, 0) is 11.8 Å². The van der Waals surface area contributed by atoms with E-state index < -0.39 is 5.97 Å². The van der Waals surface area contributed by atoms with Crippen LogP contribution < -0.4 is 0 Å². The topological polar surface area (TPSA) is 76.7 Å². The predicted octanol–water partition coefficient (Wildman–Crippen LogP) is 0.815. The lowest BCUT2D eigenvalue weighted by Crippen LogP contribution is -1.96. The van der Waals surface area contributed by atoms with Crippen LogP contribution in [-0.4, -0.2) is 33.9 Å². The average Bonchev–Trinajstić information content (AvgIpc) is 2.48. The van der Waals surface area contributed by atoms with Gasteiger partial charge in [-0.25, -0.2) is 9.79 Å². The summed E-state index contributed by atoms with van der Waals surface area (Å²) in [5.41, 5.74) is 0.0588. The second kappa shape index (κ2) is 4.40. The molecule has 76 valence electrons. The van der Waals surface area contributed by atoms with Crippen LogP contribution in [0.3, 0.4) is 0 Å². The summed E-state index contributed by atoms with van der Waals surface area (Å²) in [5.74, 6) is -0.785. The number of nitrogens with zero attached hydrogens (tertiary/aromatic N) is 3. The Labute approximate surface area is 80.8 Å². The lowest BCUT2D eigenvalue weighted by molar-refractivity contribution is 0.0698. The van der Waals surface area contributed by atoms with Crippen LogP contribution in [0.25, 0.3) is 0 Å². The lowest BCUT2D eigenvalue weighted by atomic mass is 10.3. The zero-order valence-corrected chi connectivity index (χ0v) is 7.97. The van der Waals surface area contributed by atoms with Gasteiger partial charge >= 0.3 is 5.97 Å². The maximum absolute atomic E-state index is 10.7. The van der Waals surface area contributed by atoms with E-state index >= 15 is 0 Å². The van der Waals surface area contributed by atoms with E-state index in [0.29, 0.717) is 6.61 Å². The van der Waals surface area contributed by atoms with Gasteiger partial charge in [0, 0.05) is 7.05 Å². The molecule has 14 heavy (non-hydrogen) atoms. The summed E-state index contributed by atoms with van der Waals surface area (Å²) < 4.78 is 6.24. The highest BCUT2D eigenvalue weighted by Crippen LogP contribution is 2.16. The second-order valence-corrected chi connectivity index (χ2v) is 2.50. The molecule has 0 fully saturated rings. The molecule has 0 saturated heterocycles. The van der Waals surface area contributed by atoms with E-state index in [1.54, 1.807) is 7.05 Å². The van der Waals surface area contributed by atoms with Crippen LogP contribution in [0, 0.1) is 0 Å². The Morgan fingerprint density at radius 2 is 2.57 bits per heavy atom. The molecule has 0 aliphatic rings. The molecular formula is C8H11N3O3. The van der Waals surface area contributed by atoms with Gasteiger partial charge in [-0.2, -0.15) is 5.10 Å². The molecular weight excluding hydrogens is 186 g/mol. The number of rotatable bonds is 4. The van der Waals surface area contributed by atoms with E-state index in [1.807, 2.05) is 6.92 Å². The first kappa shape index (κ1) is 10.2. The Hall–Kier alpha value is -1.85. The zero-order valence-electron chi connectivity index (χ0n) is 7.97. The summed E-state index contributed by atoms with van der Waals surface area (Å²) in [6, 6.07) is 0. The molecule has 0 amide bonds. The first-order chi connectivity index (χ1) is 6.66. The predicted molar refractivity (Wildman–Crippen MR) is 49.9 cm³/mol. The van der Waals surface area contributed by atoms with Gasteiger partial charge in [0.2, 0.25) is 0 Å². The summed E-state index contributed by atoms with van der Waals surface area (Å²) in [7, 11) is 1.62. The number of carboxylic acids is 1. The van der Waals surface area contributed by atoms with Gasteiger partial charge in [0.15, 0.2) is 12.2 Å². The molecule has 0 saturated carbocycles. The molecule has 0 aromatic carbocycles. The molecule has 1 aromatic rings. The van der Waals surface area contributed by atoms with Gasteiger partial charge in [-0.15, -0.1) is 0 Å². The smallest absolute Gasteiger partial charge is 0.341 e. The van der Waals surface area contributed by atoms with E-state index in [2.05, 4.69) is 10.1 Å². The van der Waals surface area contributed by atoms with Crippen LogP contribution >= 0.6 is 0 Å². The van der Waals surface area contributed by atoms with Gasteiger partial charge in [0.25, 0.3) is 0 Å². The monoisotopic (exact) mass is 197 g/mol. The summed E-state index contributed by atoms with van der Waals surface area (Å²) >= 11 is 0. The van der Waals surface area contributed by atoms with Crippen LogP contribution in [0.15, 0.2) is 11.2 Å². The largest absolute Gasteiger partial charge is 0.483 e. The molecule has 0 aliphatic heterocycles. The highest BCUT2D eigenvalue weighted by molar-refractivity contribution is 5.92. The Kier molecular flexibility index (Phi) is 3.22. The third-order valence-corrected chi connectivity index (χ3v) is 1.55. The third-order valence-electron chi connectivity index (χ3n) is 1.55. The van der Waals surface area contributed by atoms with E-state index in [1.165, 1.54) is 17.3 Å². The molecule has 1 rings (SSSR count). The molecule has 6 heteroatoms. The molecule has 6 nitrogen and oxygen atoms in total. The van der Waals surface area contributed by atoms with Gasteiger partial charge in [-0.05, 0) is 6.92 Å². The van der Waals surface area contributed by atoms with Crippen LogP contribution in [0.1, 0.15) is 17.3 Å². The van der Waals surface area contributed by atoms with Gasteiger partial charge in [0.05, 0.1) is 12.8 Å². The van der Waals surface area contributed by atoms with Gasteiger partial charge in [0.1, 0.15) is 5.56 Å².